The van der Waals surface area contributed by atoms with Crippen LogP contribution in [-0.2, 0) is 22.4 Å². The summed E-state index contributed by atoms with van der Waals surface area (Å²) in [7, 11) is 1.53. The average molecular weight is 519 g/mol. The van der Waals surface area contributed by atoms with E-state index in [9.17, 15) is 14.4 Å². The molecule has 0 saturated heterocycles. The highest BCUT2D eigenvalue weighted by atomic mass is 16.5. The maximum atomic E-state index is 12.9. The van der Waals surface area contributed by atoms with Crippen molar-refractivity contribution >= 4 is 23.8 Å². The van der Waals surface area contributed by atoms with Gasteiger partial charge in [0.2, 0.25) is 0 Å². The van der Waals surface area contributed by atoms with Crippen molar-refractivity contribution in [3.8, 4) is 17.2 Å². The fraction of sp³-hybridized carbons (Fsp3) is 0.344. The zero-order valence-corrected chi connectivity index (χ0v) is 23.5. The zero-order chi connectivity index (χ0) is 28.7. The summed E-state index contributed by atoms with van der Waals surface area (Å²) in [5, 5.41) is 0. The van der Waals surface area contributed by atoms with Crippen molar-refractivity contribution in [3.63, 3.8) is 0 Å². The second kappa shape index (κ2) is 12.5. The third-order valence-corrected chi connectivity index (χ3v) is 5.53. The van der Waals surface area contributed by atoms with Crippen LogP contribution in [0.1, 0.15) is 68.6 Å². The minimum Gasteiger partial charge on any atom is -0.496 e. The summed E-state index contributed by atoms with van der Waals surface area (Å²) in [6.07, 6.45) is 7.39. The number of carbonyl (C=O) groups is 3. The number of rotatable bonds is 10. The van der Waals surface area contributed by atoms with Gasteiger partial charge in [-0.1, -0.05) is 12.2 Å². The lowest BCUT2D eigenvalue weighted by molar-refractivity contribution is -0.143. The number of allylic oxidation sites excluding steroid dienone is 3. The molecule has 6 nitrogen and oxygen atoms in total. The minimum atomic E-state index is -0.699. The average Bonchev–Trinajstić information content (AvgIpc) is 2.83. The Labute approximate surface area is 226 Å². The molecule has 0 aliphatic rings. The second-order valence-electron chi connectivity index (χ2n) is 11.0. The van der Waals surface area contributed by atoms with Crippen LogP contribution in [0.25, 0.3) is 6.08 Å². The van der Waals surface area contributed by atoms with Crippen LogP contribution in [0.4, 0.5) is 0 Å². The van der Waals surface area contributed by atoms with Crippen LogP contribution in [0.2, 0.25) is 0 Å². The van der Waals surface area contributed by atoms with Gasteiger partial charge in [0, 0.05) is 16.7 Å². The molecule has 6 heteroatoms. The topological polar surface area (TPSA) is 78.9 Å². The molecule has 0 radical (unpaired) electrons. The predicted octanol–water partition coefficient (Wildman–Crippen LogP) is 6.95. The van der Waals surface area contributed by atoms with Crippen LogP contribution in [0.5, 0.6) is 17.2 Å². The normalized spacial score (nSPS) is 11.7. The first-order valence-corrected chi connectivity index (χ1v) is 12.4. The van der Waals surface area contributed by atoms with Crippen molar-refractivity contribution in [2.24, 2.45) is 10.8 Å². The molecular weight excluding hydrogens is 480 g/mol. The molecule has 0 atom stereocenters. The van der Waals surface area contributed by atoms with Crippen molar-refractivity contribution in [2.45, 2.75) is 54.4 Å². The summed E-state index contributed by atoms with van der Waals surface area (Å²) in [6.45, 7) is 18.3. The van der Waals surface area contributed by atoms with E-state index in [0.717, 1.165) is 5.56 Å². The number of hydrogen-bond acceptors (Lipinski definition) is 6. The Kier molecular flexibility index (Phi) is 10.0. The van der Waals surface area contributed by atoms with E-state index in [0.29, 0.717) is 46.8 Å². The summed E-state index contributed by atoms with van der Waals surface area (Å²) in [5.41, 5.74) is 1.16. The lowest BCUT2D eigenvalue weighted by Gasteiger charge is -2.22. The number of methoxy groups -OCH3 is 1. The maximum Gasteiger partial charge on any atom is 0.316 e. The number of hydrogen-bond donors (Lipinski definition) is 0. The van der Waals surface area contributed by atoms with Crippen LogP contribution in [0.3, 0.4) is 0 Å². The zero-order valence-electron chi connectivity index (χ0n) is 23.5. The molecule has 0 spiro atoms. The Balaban J connectivity index is 2.44. The highest BCUT2D eigenvalue weighted by molar-refractivity contribution is 6.07. The largest absolute Gasteiger partial charge is 0.496 e. The van der Waals surface area contributed by atoms with Gasteiger partial charge < -0.3 is 14.2 Å². The van der Waals surface area contributed by atoms with Gasteiger partial charge in [-0.3, -0.25) is 14.4 Å². The van der Waals surface area contributed by atoms with Crippen molar-refractivity contribution in [1.29, 1.82) is 0 Å². The Morgan fingerprint density at radius 1 is 0.816 bits per heavy atom. The number of carbonyl (C=O) groups excluding carboxylic acids is 3. The van der Waals surface area contributed by atoms with Crippen molar-refractivity contribution < 1.29 is 28.6 Å². The first kappa shape index (κ1) is 30.3. The molecule has 0 aliphatic heterocycles. The van der Waals surface area contributed by atoms with E-state index in [1.165, 1.54) is 13.2 Å². The standard InChI is InChI=1S/C32H38O6/c1-10-12-22-20-23(27(36-9)25(13-11-2)28(22)38-30(35)32(6,7)8)16-19-26(33)21-14-17-24(18-15-21)37-29(34)31(3,4)5/h10-11,14-20H,1-2,12-13H2,3-9H3/b19-16+. The number of ketones is 1. The van der Waals surface area contributed by atoms with E-state index in [1.807, 2.05) is 6.07 Å². The smallest absolute Gasteiger partial charge is 0.316 e. The van der Waals surface area contributed by atoms with Gasteiger partial charge in [-0.15, -0.1) is 13.2 Å². The van der Waals surface area contributed by atoms with Gasteiger partial charge in [0.1, 0.15) is 17.2 Å². The van der Waals surface area contributed by atoms with Crippen LogP contribution in [0.15, 0.2) is 61.7 Å². The van der Waals surface area contributed by atoms with Crippen molar-refractivity contribution in [3.05, 3.63) is 84.0 Å². The van der Waals surface area contributed by atoms with E-state index in [-0.39, 0.29) is 17.7 Å². The Bertz CT molecular complexity index is 1230. The van der Waals surface area contributed by atoms with Crippen molar-refractivity contribution in [2.75, 3.05) is 7.11 Å². The number of benzene rings is 2. The molecule has 0 aromatic heterocycles. The molecule has 202 valence electrons. The summed E-state index contributed by atoms with van der Waals surface area (Å²) < 4.78 is 16.9. The fourth-order valence-electron chi connectivity index (χ4n) is 3.37. The van der Waals surface area contributed by atoms with Gasteiger partial charge in [-0.25, -0.2) is 0 Å². The molecule has 0 amide bonds. The third kappa shape index (κ3) is 7.78. The lowest BCUT2D eigenvalue weighted by Crippen LogP contribution is -2.26. The van der Waals surface area contributed by atoms with E-state index in [2.05, 4.69) is 13.2 Å². The lowest BCUT2D eigenvalue weighted by atomic mass is 9.95. The van der Waals surface area contributed by atoms with Crippen LogP contribution >= 0.6 is 0 Å². The predicted molar refractivity (Wildman–Crippen MR) is 151 cm³/mol. The first-order valence-electron chi connectivity index (χ1n) is 12.4. The number of ether oxygens (including phenoxy) is 3. The Morgan fingerprint density at radius 2 is 1.37 bits per heavy atom. The second-order valence-corrected chi connectivity index (χ2v) is 11.0. The van der Waals surface area contributed by atoms with Gasteiger partial charge in [-0.05, 0) is 102 Å². The van der Waals surface area contributed by atoms with Crippen LogP contribution in [-0.4, -0.2) is 24.8 Å². The Morgan fingerprint density at radius 3 is 1.87 bits per heavy atom. The van der Waals surface area contributed by atoms with Gasteiger partial charge in [-0.2, -0.15) is 0 Å². The monoisotopic (exact) mass is 518 g/mol. The first-order chi connectivity index (χ1) is 17.7. The van der Waals surface area contributed by atoms with E-state index < -0.39 is 10.8 Å². The van der Waals surface area contributed by atoms with Gasteiger partial charge in [0.25, 0.3) is 0 Å². The van der Waals surface area contributed by atoms with E-state index >= 15 is 0 Å². The van der Waals surface area contributed by atoms with Crippen LogP contribution < -0.4 is 14.2 Å². The number of esters is 2. The van der Waals surface area contributed by atoms with Gasteiger partial charge >= 0.3 is 11.9 Å². The molecule has 38 heavy (non-hydrogen) atoms. The molecular formula is C32H38O6. The summed E-state index contributed by atoms with van der Waals surface area (Å²) in [6, 6.07) is 8.23. The molecule has 0 heterocycles. The fourth-order valence-corrected chi connectivity index (χ4v) is 3.37. The van der Waals surface area contributed by atoms with E-state index in [4.69, 9.17) is 14.2 Å². The molecule has 0 saturated carbocycles. The molecule has 0 aliphatic carbocycles. The van der Waals surface area contributed by atoms with Crippen LogP contribution in [0, 0.1) is 10.8 Å². The molecule has 2 aromatic rings. The summed E-state index contributed by atoms with van der Waals surface area (Å²) in [4.78, 5) is 37.8. The highest BCUT2D eigenvalue weighted by Gasteiger charge is 2.27. The molecule has 0 unspecified atom stereocenters. The molecule has 0 fully saturated rings. The maximum absolute atomic E-state index is 12.9. The van der Waals surface area contributed by atoms with E-state index in [1.54, 1.807) is 84.0 Å². The van der Waals surface area contributed by atoms with Gasteiger partial charge in [0.05, 0.1) is 17.9 Å². The minimum absolute atomic E-state index is 0.237. The molecule has 2 rings (SSSR count). The molecule has 2 aromatic carbocycles. The Hall–Kier alpha value is -3.93. The van der Waals surface area contributed by atoms with Gasteiger partial charge in [0.15, 0.2) is 5.78 Å². The third-order valence-electron chi connectivity index (χ3n) is 5.53. The highest BCUT2D eigenvalue weighted by Crippen LogP contribution is 2.39. The SMILES string of the molecule is C=CCc1cc(/C=C/C(=O)c2ccc(OC(=O)C(C)(C)C)cc2)c(OC)c(CC=C)c1OC(=O)C(C)(C)C. The summed E-state index contributed by atoms with van der Waals surface area (Å²) in [5.74, 6) is 0.319. The molecule has 0 N–H and O–H groups in total. The molecule has 0 bridgehead atoms. The quantitative estimate of drug-likeness (QED) is 0.111. The van der Waals surface area contributed by atoms with Crippen molar-refractivity contribution in [1.82, 2.24) is 0 Å². The summed E-state index contributed by atoms with van der Waals surface area (Å²) >= 11 is 0.